The van der Waals surface area contributed by atoms with Crippen molar-refractivity contribution in [2.45, 2.75) is 39.2 Å². The van der Waals surface area contributed by atoms with E-state index in [1.807, 2.05) is 0 Å². The molecule has 22 heavy (non-hydrogen) atoms. The van der Waals surface area contributed by atoms with Gasteiger partial charge in [0.1, 0.15) is 5.56 Å². The number of nitrogens with one attached hydrogen (secondary N) is 1. The van der Waals surface area contributed by atoms with E-state index in [0.29, 0.717) is 17.3 Å². The molecule has 0 saturated carbocycles. The van der Waals surface area contributed by atoms with Crippen LogP contribution in [0.5, 0.6) is 0 Å². The molecule has 1 atom stereocenters. The minimum Gasteiger partial charge on any atom is -0.388 e. The van der Waals surface area contributed by atoms with Gasteiger partial charge in [0.25, 0.3) is 11.5 Å². The summed E-state index contributed by atoms with van der Waals surface area (Å²) >= 11 is 1.33. The number of hydrogen-bond donors (Lipinski definition) is 2. The molecule has 120 valence electrons. The van der Waals surface area contributed by atoms with Crippen molar-refractivity contribution in [2.75, 3.05) is 6.54 Å². The molecule has 1 unspecified atom stereocenters. The predicted octanol–water partition coefficient (Wildman–Crippen LogP) is 1.67. The molecule has 0 spiro atoms. The zero-order chi connectivity index (χ0) is 16.3. The average Bonchev–Trinajstić information content (AvgIpc) is 2.93. The van der Waals surface area contributed by atoms with Crippen LogP contribution in [-0.4, -0.2) is 32.5 Å². The molecule has 1 amide bonds. The van der Waals surface area contributed by atoms with Gasteiger partial charge in [-0.2, -0.15) is 0 Å². The molecule has 2 aromatic rings. The molecular formula is C15H21N3O3S. The predicted molar refractivity (Wildman–Crippen MR) is 86.4 cm³/mol. The van der Waals surface area contributed by atoms with E-state index in [4.69, 9.17) is 0 Å². The fourth-order valence-electron chi connectivity index (χ4n) is 2.03. The van der Waals surface area contributed by atoms with Gasteiger partial charge in [0.2, 0.25) is 0 Å². The topological polar surface area (TPSA) is 83.7 Å². The highest BCUT2D eigenvalue weighted by molar-refractivity contribution is 7.15. The van der Waals surface area contributed by atoms with Gasteiger partial charge in [0.05, 0.1) is 5.60 Å². The zero-order valence-corrected chi connectivity index (χ0v) is 13.8. The standard InChI is InChI=1S/C15H21N3O3S/c1-10(2)4-5-15(3,21)9-17-12(19)11-8-16-14-18(13(11)20)6-7-22-14/h6-8,10,21H,4-5,9H2,1-3H3,(H,17,19). The Morgan fingerprint density at radius 2 is 2.27 bits per heavy atom. The lowest BCUT2D eigenvalue weighted by Crippen LogP contribution is -2.42. The number of carbonyl (C=O) groups excluding carboxylic acids is 1. The molecule has 0 aromatic carbocycles. The molecule has 0 bridgehead atoms. The smallest absolute Gasteiger partial charge is 0.271 e. The van der Waals surface area contributed by atoms with E-state index in [2.05, 4.69) is 24.1 Å². The van der Waals surface area contributed by atoms with Gasteiger partial charge in [-0.15, -0.1) is 11.3 Å². The second kappa shape index (κ2) is 6.58. The van der Waals surface area contributed by atoms with E-state index >= 15 is 0 Å². The third kappa shape index (κ3) is 3.92. The second-order valence-electron chi connectivity index (χ2n) is 6.14. The lowest BCUT2D eigenvalue weighted by atomic mass is 9.95. The molecule has 0 aliphatic heterocycles. The number of aromatic nitrogens is 2. The highest BCUT2D eigenvalue weighted by Gasteiger charge is 2.23. The molecule has 0 fully saturated rings. The number of aliphatic hydroxyl groups is 1. The van der Waals surface area contributed by atoms with Crippen LogP contribution in [0.15, 0.2) is 22.6 Å². The Bertz CT molecular complexity index is 718. The monoisotopic (exact) mass is 323 g/mol. The maximum absolute atomic E-state index is 12.2. The number of thiazole rings is 1. The molecule has 0 aliphatic rings. The quantitative estimate of drug-likeness (QED) is 0.847. The van der Waals surface area contributed by atoms with Crippen molar-refractivity contribution in [3.8, 4) is 0 Å². The molecule has 0 aliphatic carbocycles. The average molecular weight is 323 g/mol. The Kier molecular flexibility index (Phi) is 4.97. The van der Waals surface area contributed by atoms with Crippen molar-refractivity contribution in [1.29, 1.82) is 0 Å². The second-order valence-corrected chi connectivity index (χ2v) is 7.02. The highest BCUT2D eigenvalue weighted by atomic mass is 32.1. The first-order chi connectivity index (χ1) is 10.3. The van der Waals surface area contributed by atoms with Gasteiger partial charge < -0.3 is 10.4 Å². The van der Waals surface area contributed by atoms with E-state index < -0.39 is 17.1 Å². The Hall–Kier alpha value is -1.73. The summed E-state index contributed by atoms with van der Waals surface area (Å²) in [5.41, 5.74) is -1.41. The number of fused-ring (bicyclic) bond motifs is 1. The van der Waals surface area contributed by atoms with Crippen molar-refractivity contribution >= 4 is 22.2 Å². The van der Waals surface area contributed by atoms with Gasteiger partial charge in [0, 0.05) is 24.3 Å². The van der Waals surface area contributed by atoms with Crippen LogP contribution >= 0.6 is 11.3 Å². The minimum absolute atomic E-state index is 0.0180. The van der Waals surface area contributed by atoms with Gasteiger partial charge in [-0.1, -0.05) is 13.8 Å². The lowest BCUT2D eigenvalue weighted by molar-refractivity contribution is 0.0429. The maximum Gasteiger partial charge on any atom is 0.271 e. The summed E-state index contributed by atoms with van der Waals surface area (Å²) in [7, 11) is 0. The van der Waals surface area contributed by atoms with Gasteiger partial charge in [-0.25, -0.2) is 4.98 Å². The van der Waals surface area contributed by atoms with Crippen LogP contribution in [0.1, 0.15) is 44.0 Å². The van der Waals surface area contributed by atoms with Gasteiger partial charge in [-0.3, -0.25) is 14.0 Å². The number of nitrogens with zero attached hydrogens (tertiary/aromatic N) is 2. The summed E-state index contributed by atoms with van der Waals surface area (Å²) in [5.74, 6) is -0.0278. The van der Waals surface area contributed by atoms with E-state index in [1.54, 1.807) is 18.5 Å². The first-order valence-corrected chi connectivity index (χ1v) is 8.13. The number of hydrogen-bond acceptors (Lipinski definition) is 5. The van der Waals surface area contributed by atoms with Crippen molar-refractivity contribution < 1.29 is 9.90 Å². The van der Waals surface area contributed by atoms with Crippen LogP contribution < -0.4 is 10.9 Å². The summed E-state index contributed by atoms with van der Waals surface area (Å²) in [6, 6.07) is 0. The van der Waals surface area contributed by atoms with Gasteiger partial charge in [-0.05, 0) is 25.7 Å². The van der Waals surface area contributed by atoms with Crippen molar-refractivity contribution in [3.63, 3.8) is 0 Å². The maximum atomic E-state index is 12.2. The Morgan fingerprint density at radius 1 is 1.55 bits per heavy atom. The number of rotatable bonds is 6. The fourth-order valence-corrected chi connectivity index (χ4v) is 2.71. The first kappa shape index (κ1) is 16.6. The summed E-state index contributed by atoms with van der Waals surface area (Å²) < 4.78 is 1.34. The Labute approximate surface area is 132 Å². The Morgan fingerprint density at radius 3 is 2.95 bits per heavy atom. The molecule has 7 heteroatoms. The van der Waals surface area contributed by atoms with Crippen molar-refractivity contribution in [3.05, 3.63) is 33.7 Å². The SMILES string of the molecule is CC(C)CCC(C)(O)CNC(=O)c1cnc2sccn2c1=O. The van der Waals surface area contributed by atoms with Crippen LogP contribution in [0.25, 0.3) is 4.96 Å². The number of carbonyl (C=O) groups is 1. The van der Waals surface area contributed by atoms with Crippen molar-refractivity contribution in [2.24, 2.45) is 5.92 Å². The molecule has 0 radical (unpaired) electrons. The van der Waals surface area contributed by atoms with E-state index in [0.717, 1.165) is 6.42 Å². The van der Waals surface area contributed by atoms with E-state index in [9.17, 15) is 14.7 Å². The van der Waals surface area contributed by atoms with Crippen LogP contribution in [0, 0.1) is 5.92 Å². The molecule has 2 aromatic heterocycles. The molecule has 2 N–H and O–H groups in total. The van der Waals surface area contributed by atoms with Crippen LogP contribution in [0.4, 0.5) is 0 Å². The number of amides is 1. The summed E-state index contributed by atoms with van der Waals surface area (Å²) in [6.45, 7) is 5.95. The zero-order valence-electron chi connectivity index (χ0n) is 13.0. The van der Waals surface area contributed by atoms with Crippen molar-refractivity contribution in [1.82, 2.24) is 14.7 Å². The van der Waals surface area contributed by atoms with Crippen LogP contribution in [0.2, 0.25) is 0 Å². The third-order valence-electron chi connectivity index (χ3n) is 3.48. The highest BCUT2D eigenvalue weighted by Crippen LogP contribution is 2.15. The normalized spacial score (nSPS) is 14.2. The van der Waals surface area contributed by atoms with E-state index in [1.165, 1.54) is 21.9 Å². The molecule has 2 rings (SSSR count). The first-order valence-electron chi connectivity index (χ1n) is 7.25. The largest absolute Gasteiger partial charge is 0.388 e. The van der Waals surface area contributed by atoms with Crippen LogP contribution in [0.3, 0.4) is 0 Å². The summed E-state index contributed by atoms with van der Waals surface area (Å²) in [4.78, 5) is 29.0. The molecule has 6 nitrogen and oxygen atoms in total. The fraction of sp³-hybridized carbons (Fsp3) is 0.533. The molecule has 2 heterocycles. The third-order valence-corrected chi connectivity index (χ3v) is 4.25. The lowest BCUT2D eigenvalue weighted by Gasteiger charge is -2.24. The Balaban J connectivity index is 2.05. The molecular weight excluding hydrogens is 302 g/mol. The van der Waals surface area contributed by atoms with Crippen LogP contribution in [-0.2, 0) is 0 Å². The van der Waals surface area contributed by atoms with E-state index in [-0.39, 0.29) is 12.1 Å². The summed E-state index contributed by atoms with van der Waals surface area (Å²) in [6.07, 6.45) is 4.33. The molecule has 0 saturated heterocycles. The van der Waals surface area contributed by atoms with Gasteiger partial charge in [0.15, 0.2) is 4.96 Å². The summed E-state index contributed by atoms with van der Waals surface area (Å²) in [5, 5.41) is 14.6. The van der Waals surface area contributed by atoms with Gasteiger partial charge >= 0.3 is 0 Å². The minimum atomic E-state index is -0.990.